The van der Waals surface area contributed by atoms with Gasteiger partial charge in [0.05, 0.1) is 19.8 Å². The summed E-state index contributed by atoms with van der Waals surface area (Å²) in [5.74, 6) is 0.546. The molecule has 1 heterocycles. The number of guanidine groups is 1. The predicted octanol–water partition coefficient (Wildman–Crippen LogP) is 1.15. The summed E-state index contributed by atoms with van der Waals surface area (Å²) in [6.07, 6.45) is 0. The van der Waals surface area contributed by atoms with Crippen molar-refractivity contribution in [3.63, 3.8) is 0 Å². The van der Waals surface area contributed by atoms with Crippen molar-refractivity contribution in [2.75, 3.05) is 40.4 Å². The summed E-state index contributed by atoms with van der Waals surface area (Å²) < 4.78 is 5.28. The molecule has 1 aromatic carbocycles. The maximum atomic E-state index is 11.8. The van der Waals surface area contributed by atoms with Gasteiger partial charge in [-0.15, -0.1) is 24.0 Å². The van der Waals surface area contributed by atoms with E-state index < -0.39 is 0 Å². The quantitative estimate of drug-likeness (QED) is 0.454. The third-order valence-corrected chi connectivity index (χ3v) is 3.37. The summed E-state index contributed by atoms with van der Waals surface area (Å²) in [4.78, 5) is 19.8. The molecule has 0 radical (unpaired) electrons. The molecule has 0 aliphatic carbocycles. The number of hydrogen-bond donors (Lipinski definition) is 1. The zero-order valence-electron chi connectivity index (χ0n) is 13.0. The zero-order chi connectivity index (χ0) is 15.2. The van der Waals surface area contributed by atoms with E-state index in [0.29, 0.717) is 31.3 Å². The first-order chi connectivity index (χ1) is 10.1. The van der Waals surface area contributed by atoms with Crippen LogP contribution < -0.4 is 5.73 Å². The van der Waals surface area contributed by atoms with Crippen molar-refractivity contribution in [3.05, 3.63) is 35.4 Å². The first-order valence-electron chi connectivity index (χ1n) is 7.01. The lowest BCUT2D eigenvalue weighted by molar-refractivity contribution is 0.0674. The van der Waals surface area contributed by atoms with Crippen molar-refractivity contribution < 1.29 is 9.53 Å². The molecule has 0 unspecified atom stereocenters. The second kappa shape index (κ2) is 8.94. The Kier molecular flexibility index (Phi) is 7.60. The van der Waals surface area contributed by atoms with E-state index in [9.17, 15) is 4.79 Å². The van der Waals surface area contributed by atoms with Crippen LogP contribution in [-0.2, 0) is 11.3 Å². The first kappa shape index (κ1) is 18.7. The average molecular weight is 418 g/mol. The van der Waals surface area contributed by atoms with E-state index >= 15 is 0 Å². The lowest BCUT2D eigenvalue weighted by atomic mass is 10.1. The molecular weight excluding hydrogens is 395 g/mol. The Morgan fingerprint density at radius 1 is 1.27 bits per heavy atom. The summed E-state index contributed by atoms with van der Waals surface area (Å²) in [5.41, 5.74) is 7.68. The molecule has 1 aliphatic heterocycles. The highest BCUT2D eigenvalue weighted by Gasteiger charge is 2.12. The lowest BCUT2D eigenvalue weighted by Crippen LogP contribution is -2.44. The number of ether oxygens (including phenoxy) is 1. The number of hydrogen-bond acceptors (Lipinski definition) is 3. The molecular formula is C15H23IN4O2. The molecule has 1 aromatic rings. The van der Waals surface area contributed by atoms with E-state index in [4.69, 9.17) is 10.5 Å². The Morgan fingerprint density at radius 3 is 2.41 bits per heavy atom. The Hall–Kier alpha value is -1.35. The lowest BCUT2D eigenvalue weighted by Gasteiger charge is -2.27. The molecule has 1 fully saturated rings. The molecule has 0 aromatic heterocycles. The fourth-order valence-electron chi connectivity index (χ4n) is 2.08. The van der Waals surface area contributed by atoms with Gasteiger partial charge >= 0.3 is 0 Å². The zero-order valence-corrected chi connectivity index (χ0v) is 15.3. The van der Waals surface area contributed by atoms with Gasteiger partial charge in [-0.2, -0.15) is 0 Å². The van der Waals surface area contributed by atoms with Crippen LogP contribution in [0.4, 0.5) is 0 Å². The van der Waals surface area contributed by atoms with Crippen molar-refractivity contribution in [3.8, 4) is 0 Å². The van der Waals surface area contributed by atoms with Crippen LogP contribution in [0, 0.1) is 0 Å². The molecule has 122 valence electrons. The van der Waals surface area contributed by atoms with E-state index in [-0.39, 0.29) is 29.9 Å². The van der Waals surface area contributed by atoms with Gasteiger partial charge in [-0.05, 0) is 17.7 Å². The monoisotopic (exact) mass is 418 g/mol. The Labute approximate surface area is 148 Å². The maximum absolute atomic E-state index is 11.8. The van der Waals surface area contributed by atoms with Gasteiger partial charge in [-0.1, -0.05) is 12.1 Å². The van der Waals surface area contributed by atoms with E-state index in [1.54, 1.807) is 19.0 Å². The molecule has 2 rings (SSSR count). The minimum absolute atomic E-state index is 0. The van der Waals surface area contributed by atoms with Crippen LogP contribution in [0.5, 0.6) is 0 Å². The molecule has 2 N–H and O–H groups in total. The van der Waals surface area contributed by atoms with Gasteiger partial charge in [-0.25, -0.2) is 4.99 Å². The number of nitrogens with two attached hydrogens (primary N) is 1. The second-order valence-electron chi connectivity index (χ2n) is 5.17. The number of nitrogens with zero attached hydrogens (tertiary/aromatic N) is 3. The maximum Gasteiger partial charge on any atom is 0.253 e. The number of morpholine rings is 1. The number of aliphatic imine (C=N–C) groups is 1. The molecule has 6 nitrogen and oxygen atoms in total. The van der Waals surface area contributed by atoms with E-state index in [1.165, 1.54) is 0 Å². The van der Waals surface area contributed by atoms with Gasteiger partial charge in [0.15, 0.2) is 5.96 Å². The number of amides is 1. The van der Waals surface area contributed by atoms with Gasteiger partial charge in [-0.3, -0.25) is 4.79 Å². The summed E-state index contributed by atoms with van der Waals surface area (Å²) in [6.45, 7) is 3.46. The van der Waals surface area contributed by atoms with Crippen molar-refractivity contribution >= 4 is 35.8 Å². The van der Waals surface area contributed by atoms with E-state index in [0.717, 1.165) is 18.7 Å². The highest BCUT2D eigenvalue weighted by atomic mass is 127. The minimum Gasteiger partial charge on any atom is -0.378 e. The minimum atomic E-state index is -0.00196. The van der Waals surface area contributed by atoms with Crippen LogP contribution in [0.3, 0.4) is 0 Å². The van der Waals surface area contributed by atoms with Crippen LogP contribution in [0.15, 0.2) is 29.3 Å². The van der Waals surface area contributed by atoms with Crippen molar-refractivity contribution in [2.45, 2.75) is 6.54 Å². The molecule has 0 bridgehead atoms. The molecule has 1 amide bonds. The molecule has 0 atom stereocenters. The van der Waals surface area contributed by atoms with Gasteiger partial charge in [0.2, 0.25) is 0 Å². The normalized spacial score (nSPS) is 15.2. The first-order valence-corrected chi connectivity index (χ1v) is 7.01. The van der Waals surface area contributed by atoms with Gasteiger partial charge in [0, 0.05) is 32.7 Å². The molecule has 1 saturated heterocycles. The van der Waals surface area contributed by atoms with Crippen molar-refractivity contribution in [2.24, 2.45) is 10.7 Å². The third-order valence-electron chi connectivity index (χ3n) is 3.37. The largest absolute Gasteiger partial charge is 0.378 e. The number of benzene rings is 1. The van der Waals surface area contributed by atoms with E-state index in [1.807, 2.05) is 29.2 Å². The van der Waals surface area contributed by atoms with Gasteiger partial charge < -0.3 is 20.3 Å². The Balaban J connectivity index is 0.00000242. The van der Waals surface area contributed by atoms with Crippen LogP contribution in [0.1, 0.15) is 15.9 Å². The number of halogens is 1. The molecule has 0 spiro atoms. The highest BCUT2D eigenvalue weighted by molar-refractivity contribution is 14.0. The fourth-order valence-corrected chi connectivity index (χ4v) is 2.08. The van der Waals surface area contributed by atoms with Gasteiger partial charge in [0.1, 0.15) is 0 Å². The Bertz CT molecular complexity index is 511. The molecule has 22 heavy (non-hydrogen) atoms. The van der Waals surface area contributed by atoms with Crippen LogP contribution >= 0.6 is 24.0 Å². The third kappa shape index (κ3) is 5.13. The standard InChI is InChI=1S/C15H22N4O2.HI/c1-18(2)14(20)13-5-3-12(4-6-13)11-17-15(16)19-7-9-21-10-8-19;/h3-6H,7-11H2,1-2H3,(H2,16,17);1H. The SMILES string of the molecule is CN(C)C(=O)c1ccc(CN=C(N)N2CCOCC2)cc1.I. The van der Waals surface area contributed by atoms with Gasteiger partial charge in [0.25, 0.3) is 5.91 Å². The average Bonchev–Trinajstić information content (AvgIpc) is 2.53. The topological polar surface area (TPSA) is 71.2 Å². The number of rotatable bonds is 3. The molecule has 7 heteroatoms. The summed E-state index contributed by atoms with van der Waals surface area (Å²) in [7, 11) is 3.48. The van der Waals surface area contributed by atoms with Crippen LogP contribution in [0.2, 0.25) is 0 Å². The summed E-state index contributed by atoms with van der Waals surface area (Å²) in [5, 5.41) is 0. The second-order valence-corrected chi connectivity index (χ2v) is 5.17. The van der Waals surface area contributed by atoms with Crippen molar-refractivity contribution in [1.29, 1.82) is 0 Å². The summed E-state index contributed by atoms with van der Waals surface area (Å²) >= 11 is 0. The van der Waals surface area contributed by atoms with E-state index in [2.05, 4.69) is 4.99 Å². The Morgan fingerprint density at radius 2 is 1.86 bits per heavy atom. The fraction of sp³-hybridized carbons (Fsp3) is 0.467. The smallest absolute Gasteiger partial charge is 0.253 e. The predicted molar refractivity (Wildman–Crippen MR) is 97.6 cm³/mol. The highest BCUT2D eigenvalue weighted by Crippen LogP contribution is 2.08. The molecule has 1 aliphatic rings. The van der Waals surface area contributed by atoms with Crippen molar-refractivity contribution in [1.82, 2.24) is 9.80 Å². The van der Waals surface area contributed by atoms with Crippen LogP contribution in [0.25, 0.3) is 0 Å². The number of carbonyl (C=O) groups is 1. The molecule has 0 saturated carbocycles. The van der Waals surface area contributed by atoms with Crippen LogP contribution in [-0.4, -0.2) is 62.1 Å². The number of carbonyl (C=O) groups excluding carboxylic acids is 1. The summed E-state index contributed by atoms with van der Waals surface area (Å²) in [6, 6.07) is 7.45.